The standard InChI is InChI=1S/C21H20ClFN5O2S2/c1-10-14-8-28(10,14)18-11-5-4-6-13(23)16(11)25-17(18)15-7-12(22)19(31-15)21(2)9-32(29,30)27(3)20(24)26-21/h4-7,14,25H,1,8-9H2,2-3H3,(H2,24,26)/q+1/t14?,21-,28?/m0/s1. The Labute approximate surface area is 193 Å². The molecule has 6 rings (SSSR count). The third-order valence-corrected chi connectivity index (χ3v) is 10.6. The first-order valence-electron chi connectivity index (χ1n) is 9.99. The van der Waals surface area contributed by atoms with Crippen molar-refractivity contribution in [3.8, 4) is 10.6 Å². The third kappa shape index (κ3) is 2.43. The molecule has 5 heterocycles. The van der Waals surface area contributed by atoms with E-state index in [0.29, 0.717) is 25.9 Å². The molecule has 7 nitrogen and oxygen atoms in total. The molecular weight excluding hydrogens is 473 g/mol. The van der Waals surface area contributed by atoms with E-state index in [0.717, 1.165) is 38.2 Å². The van der Waals surface area contributed by atoms with Gasteiger partial charge in [0.1, 0.15) is 17.1 Å². The van der Waals surface area contributed by atoms with Crippen molar-refractivity contribution < 1.29 is 12.8 Å². The molecule has 0 bridgehead atoms. The minimum Gasteiger partial charge on any atom is -0.369 e. The molecule has 11 heteroatoms. The molecule has 3 N–H and O–H groups in total. The number of fused-ring (bicyclic) bond motifs is 2. The maximum absolute atomic E-state index is 14.6. The van der Waals surface area contributed by atoms with Crippen molar-refractivity contribution in [1.29, 1.82) is 0 Å². The van der Waals surface area contributed by atoms with Crippen LogP contribution in [0.3, 0.4) is 0 Å². The van der Waals surface area contributed by atoms with Crippen molar-refractivity contribution in [3.05, 3.63) is 52.3 Å². The Kier molecular flexibility index (Phi) is 3.75. The molecule has 0 amide bonds. The number of sulfonamides is 1. The fraction of sp³-hybridized carbons (Fsp3) is 0.286. The number of rotatable bonds is 3. The van der Waals surface area contributed by atoms with Crippen molar-refractivity contribution in [1.82, 2.24) is 13.8 Å². The predicted molar refractivity (Wildman–Crippen MR) is 127 cm³/mol. The zero-order valence-electron chi connectivity index (χ0n) is 17.3. The first-order chi connectivity index (χ1) is 15.0. The molecule has 2 unspecified atom stereocenters. The summed E-state index contributed by atoms with van der Waals surface area (Å²) < 4.78 is 41.5. The van der Waals surface area contributed by atoms with Gasteiger partial charge in [0.05, 0.1) is 31.4 Å². The molecule has 3 aliphatic heterocycles. The number of quaternary nitrogens is 1. The van der Waals surface area contributed by atoms with E-state index >= 15 is 0 Å². The molecular formula is C21H20ClFN5O2S2+. The number of halogens is 2. The number of hydrogen-bond acceptors (Lipinski definition) is 5. The van der Waals surface area contributed by atoms with E-state index in [4.69, 9.17) is 17.3 Å². The van der Waals surface area contributed by atoms with E-state index < -0.39 is 15.6 Å². The zero-order valence-corrected chi connectivity index (χ0v) is 19.7. The highest BCUT2D eigenvalue weighted by atomic mass is 35.5. The summed E-state index contributed by atoms with van der Waals surface area (Å²) in [7, 11) is -2.25. The summed E-state index contributed by atoms with van der Waals surface area (Å²) in [5.41, 5.74) is 8.12. The summed E-state index contributed by atoms with van der Waals surface area (Å²) in [6.45, 7) is 6.83. The van der Waals surface area contributed by atoms with Crippen LogP contribution >= 0.6 is 22.9 Å². The van der Waals surface area contributed by atoms with Gasteiger partial charge in [0, 0.05) is 7.05 Å². The molecule has 0 aliphatic carbocycles. The van der Waals surface area contributed by atoms with E-state index in [1.165, 1.54) is 24.5 Å². The monoisotopic (exact) mass is 492 g/mol. The number of guanidine groups is 1. The van der Waals surface area contributed by atoms with Crippen LogP contribution in [-0.4, -0.2) is 49.1 Å². The number of thiophene rings is 1. The average Bonchev–Trinajstić information content (AvgIpc) is 3.44. The second kappa shape index (κ2) is 5.93. The number of aliphatic imine (C=N–C) groups is 1. The Morgan fingerprint density at radius 2 is 2.19 bits per heavy atom. The topological polar surface area (TPSA) is 91.6 Å². The lowest BCUT2D eigenvalue weighted by Crippen LogP contribution is -2.50. The summed E-state index contributed by atoms with van der Waals surface area (Å²) in [6.07, 6.45) is 0. The quantitative estimate of drug-likeness (QED) is 0.431. The van der Waals surface area contributed by atoms with Crippen LogP contribution in [-0.2, 0) is 15.6 Å². The number of aromatic nitrogens is 1. The molecule has 0 spiro atoms. The van der Waals surface area contributed by atoms with Crippen LogP contribution in [0, 0.1) is 5.82 Å². The summed E-state index contributed by atoms with van der Waals surface area (Å²) in [5.74, 6) is -0.652. The normalized spacial score (nSPS) is 30.4. The molecule has 2 fully saturated rings. The number of nitrogens with zero attached hydrogens (tertiary/aromatic N) is 3. The van der Waals surface area contributed by atoms with Crippen LogP contribution in [0.4, 0.5) is 10.1 Å². The summed E-state index contributed by atoms with van der Waals surface area (Å²) in [6, 6.07) is 7.22. The van der Waals surface area contributed by atoms with Crippen molar-refractivity contribution >= 4 is 55.5 Å². The summed E-state index contributed by atoms with van der Waals surface area (Å²) in [4.78, 5) is 9.13. The highest BCUT2D eigenvalue weighted by molar-refractivity contribution is 7.89. The fourth-order valence-corrected chi connectivity index (χ4v) is 8.03. The van der Waals surface area contributed by atoms with Crippen LogP contribution in [0.1, 0.15) is 11.8 Å². The lowest BCUT2D eigenvalue weighted by atomic mass is 10.0. The van der Waals surface area contributed by atoms with Gasteiger partial charge in [0.15, 0.2) is 17.9 Å². The van der Waals surface area contributed by atoms with Gasteiger partial charge in [-0.3, -0.25) is 0 Å². The van der Waals surface area contributed by atoms with Gasteiger partial charge in [0.25, 0.3) is 0 Å². The lowest BCUT2D eigenvalue weighted by Gasteiger charge is -2.33. The summed E-state index contributed by atoms with van der Waals surface area (Å²) >= 11 is 7.98. The minimum absolute atomic E-state index is 0.0798. The van der Waals surface area contributed by atoms with Gasteiger partial charge < -0.3 is 10.7 Å². The van der Waals surface area contributed by atoms with Crippen LogP contribution in [0.15, 0.2) is 41.5 Å². The molecule has 1 aromatic carbocycles. The number of H-pyrrole nitrogens is 1. The van der Waals surface area contributed by atoms with Gasteiger partial charge in [-0.2, -0.15) is 0 Å². The number of nitrogens with two attached hydrogens (primary N) is 1. The number of aromatic amines is 1. The van der Waals surface area contributed by atoms with Crippen molar-refractivity contribution in [2.75, 3.05) is 19.3 Å². The van der Waals surface area contributed by atoms with E-state index in [1.807, 2.05) is 6.07 Å². The molecule has 32 heavy (non-hydrogen) atoms. The smallest absolute Gasteiger partial charge is 0.239 e. The van der Waals surface area contributed by atoms with Crippen LogP contribution < -0.4 is 10.2 Å². The number of para-hydroxylation sites is 1. The Bertz CT molecular complexity index is 1510. The minimum atomic E-state index is -3.63. The second-order valence-electron chi connectivity index (χ2n) is 8.82. The van der Waals surface area contributed by atoms with Gasteiger partial charge >= 0.3 is 0 Å². The molecule has 166 valence electrons. The Morgan fingerprint density at radius 3 is 2.81 bits per heavy atom. The molecule has 2 aromatic heterocycles. The summed E-state index contributed by atoms with van der Waals surface area (Å²) in [5, 5.41) is 1.23. The highest BCUT2D eigenvalue weighted by Crippen LogP contribution is 2.66. The van der Waals surface area contributed by atoms with Crippen molar-refractivity contribution in [3.63, 3.8) is 0 Å². The van der Waals surface area contributed by atoms with Gasteiger partial charge in [-0.25, -0.2) is 26.6 Å². The first-order valence-corrected chi connectivity index (χ1v) is 12.8. The first kappa shape index (κ1) is 20.2. The number of nitrogens with one attached hydrogen (secondary N) is 1. The molecule has 0 saturated carbocycles. The van der Waals surface area contributed by atoms with E-state index in [1.54, 1.807) is 19.1 Å². The Balaban J connectivity index is 1.55. The lowest BCUT2D eigenvalue weighted by molar-refractivity contribution is 0.482. The van der Waals surface area contributed by atoms with Crippen LogP contribution in [0.2, 0.25) is 5.02 Å². The second-order valence-corrected chi connectivity index (χ2v) is 12.3. The van der Waals surface area contributed by atoms with E-state index in [2.05, 4.69) is 16.6 Å². The van der Waals surface area contributed by atoms with Gasteiger partial charge in [-0.05, 0) is 31.7 Å². The van der Waals surface area contributed by atoms with Crippen LogP contribution in [0.5, 0.6) is 0 Å². The van der Waals surface area contributed by atoms with Crippen LogP contribution in [0.25, 0.3) is 21.5 Å². The predicted octanol–water partition coefficient (Wildman–Crippen LogP) is 3.71. The molecule has 0 radical (unpaired) electrons. The molecule has 3 atom stereocenters. The molecule has 3 aromatic rings. The third-order valence-electron chi connectivity index (χ3n) is 6.83. The largest absolute Gasteiger partial charge is 0.369 e. The Morgan fingerprint density at radius 1 is 1.47 bits per heavy atom. The van der Waals surface area contributed by atoms with Gasteiger partial charge in [0.2, 0.25) is 22.0 Å². The number of benzene rings is 1. The maximum Gasteiger partial charge on any atom is 0.239 e. The highest BCUT2D eigenvalue weighted by Gasteiger charge is 2.82. The fourth-order valence-electron chi connectivity index (χ4n) is 4.87. The van der Waals surface area contributed by atoms with Crippen molar-refractivity contribution in [2.24, 2.45) is 10.7 Å². The van der Waals surface area contributed by atoms with E-state index in [9.17, 15) is 12.8 Å². The van der Waals surface area contributed by atoms with Gasteiger partial charge in [-0.1, -0.05) is 17.7 Å². The Hall–Kier alpha value is -2.40. The zero-order chi connectivity index (χ0) is 22.8. The van der Waals surface area contributed by atoms with Gasteiger partial charge in [-0.15, -0.1) is 11.3 Å². The molecule has 3 aliphatic rings. The maximum atomic E-state index is 14.6. The molecule has 2 saturated heterocycles. The average molecular weight is 493 g/mol. The van der Waals surface area contributed by atoms with E-state index in [-0.39, 0.29) is 17.5 Å². The van der Waals surface area contributed by atoms with Crippen molar-refractivity contribution in [2.45, 2.75) is 18.5 Å². The SMILES string of the molecule is C=C1C2C[N+]12c1c(-c2cc(Cl)c([C@]3(C)CS(=O)(=O)N(C)C(N)=N3)s2)[nH]c2c(F)cccc12. The number of hydrogen-bond donors (Lipinski definition) is 2.